The van der Waals surface area contributed by atoms with Crippen LogP contribution in [0.4, 0.5) is 5.69 Å². The number of thiophene rings is 1. The van der Waals surface area contributed by atoms with Gasteiger partial charge in [0.25, 0.3) is 11.8 Å². The number of hydrogen-bond acceptors (Lipinski definition) is 10. The minimum Gasteiger partial charge on any atom is -0.381 e. The highest BCUT2D eigenvalue weighted by Gasteiger charge is 2.45. The van der Waals surface area contributed by atoms with Gasteiger partial charge in [-0.15, -0.1) is 21.5 Å². The predicted molar refractivity (Wildman–Crippen MR) is 207 cm³/mol. The maximum atomic E-state index is 13.3. The lowest BCUT2D eigenvalue weighted by Gasteiger charge is -2.29. The number of nitrogens with zero attached hydrogens (tertiary/aromatic N) is 5. The molecule has 3 N–H and O–H groups in total. The zero-order valence-corrected chi connectivity index (χ0v) is 32.1. The van der Waals surface area contributed by atoms with Crippen molar-refractivity contribution in [3.63, 3.8) is 0 Å². The molecule has 55 heavy (non-hydrogen) atoms. The molecule has 3 aliphatic rings. The number of aromatic nitrogens is 3. The van der Waals surface area contributed by atoms with Crippen molar-refractivity contribution in [3.05, 3.63) is 104 Å². The number of allylic oxidation sites excluding steroid dienone is 1. The molecule has 16 heteroatoms. The van der Waals surface area contributed by atoms with Crippen LogP contribution in [0.15, 0.2) is 59.7 Å². The lowest BCUT2D eigenvalue weighted by atomic mass is 9.99. The number of halogens is 1. The maximum Gasteiger partial charge on any atom is 0.264 e. The van der Waals surface area contributed by atoms with Gasteiger partial charge >= 0.3 is 0 Å². The highest BCUT2D eigenvalue weighted by Crippen LogP contribution is 2.40. The van der Waals surface area contributed by atoms with E-state index >= 15 is 0 Å². The van der Waals surface area contributed by atoms with Crippen LogP contribution in [-0.4, -0.2) is 80.7 Å². The first kappa shape index (κ1) is 37.8. The SMILES string of the molecule is C=C1CCC(N2C(=O)c3cccc(NC(=O)CCOCCCNC(=O)C[C@@H]4N=C(c5ccc(Cl)cc5)c5c(sc(C)c5C)-n5c(C)nnc54)c3C2=O)C(=O)N1. The number of carbonyl (C=O) groups is 5. The molecule has 1 unspecified atom stereocenters. The summed E-state index contributed by atoms with van der Waals surface area (Å²) in [7, 11) is 0. The summed E-state index contributed by atoms with van der Waals surface area (Å²) in [4.78, 5) is 72.4. The molecule has 0 saturated carbocycles. The average Bonchev–Trinajstić information content (AvgIpc) is 3.73. The van der Waals surface area contributed by atoms with Gasteiger partial charge in [-0.2, -0.15) is 0 Å². The molecule has 0 aliphatic carbocycles. The number of carbonyl (C=O) groups excluding carboxylic acids is 5. The first-order valence-electron chi connectivity index (χ1n) is 17.9. The largest absolute Gasteiger partial charge is 0.381 e. The van der Waals surface area contributed by atoms with Crippen LogP contribution in [0.2, 0.25) is 5.02 Å². The van der Waals surface area contributed by atoms with Crippen LogP contribution in [-0.2, 0) is 19.1 Å². The number of anilines is 1. The molecular formula is C39H39ClN8O6S. The van der Waals surface area contributed by atoms with Crippen LogP contribution in [0, 0.1) is 20.8 Å². The Morgan fingerprint density at radius 1 is 1.02 bits per heavy atom. The molecule has 5 amide bonds. The summed E-state index contributed by atoms with van der Waals surface area (Å²) in [5.74, 6) is -0.979. The third-order valence-corrected chi connectivity index (χ3v) is 11.3. The molecule has 3 aliphatic heterocycles. The van der Waals surface area contributed by atoms with Crippen molar-refractivity contribution in [2.75, 3.05) is 25.1 Å². The Morgan fingerprint density at radius 2 is 1.80 bits per heavy atom. The first-order valence-corrected chi connectivity index (χ1v) is 19.1. The van der Waals surface area contributed by atoms with E-state index in [-0.39, 0.29) is 48.6 Å². The summed E-state index contributed by atoms with van der Waals surface area (Å²) in [6.45, 7) is 10.5. The Kier molecular flexibility index (Phi) is 10.8. The van der Waals surface area contributed by atoms with Crippen molar-refractivity contribution in [3.8, 4) is 5.00 Å². The fourth-order valence-corrected chi connectivity index (χ4v) is 8.30. The van der Waals surface area contributed by atoms with Crippen LogP contribution in [0.3, 0.4) is 0 Å². The van der Waals surface area contributed by atoms with E-state index in [1.165, 1.54) is 6.07 Å². The summed E-state index contributed by atoms with van der Waals surface area (Å²) in [5, 5.41) is 18.7. The molecule has 2 aromatic heterocycles. The number of aryl methyl sites for hydroxylation is 2. The van der Waals surface area contributed by atoms with E-state index in [9.17, 15) is 24.0 Å². The molecule has 0 bridgehead atoms. The molecular weight excluding hydrogens is 744 g/mol. The van der Waals surface area contributed by atoms with Gasteiger partial charge in [0.1, 0.15) is 22.9 Å². The fraction of sp³-hybridized carbons (Fsp3) is 0.333. The summed E-state index contributed by atoms with van der Waals surface area (Å²) >= 11 is 7.85. The Balaban J connectivity index is 0.905. The molecule has 2 atom stereocenters. The van der Waals surface area contributed by atoms with E-state index < -0.39 is 35.7 Å². The summed E-state index contributed by atoms with van der Waals surface area (Å²) in [5.41, 5.74) is 4.67. The van der Waals surface area contributed by atoms with Crippen molar-refractivity contribution in [1.29, 1.82) is 0 Å². The topological polar surface area (TPSA) is 177 Å². The third kappa shape index (κ3) is 7.46. The van der Waals surface area contributed by atoms with Gasteiger partial charge in [-0.05, 0) is 69.9 Å². The number of amides is 5. The number of rotatable bonds is 12. The molecule has 4 aromatic rings. The molecule has 5 heterocycles. The van der Waals surface area contributed by atoms with Gasteiger partial charge < -0.3 is 20.7 Å². The standard InChI is InChI=1S/C39H39ClN8O6S/c1-20-9-14-29(36(51)42-20)48-37(52)26-7-5-8-27(33(26)38(48)53)43-30(49)15-18-54-17-6-16-41-31(50)19-28-35-46-45-23(4)47(35)39-32(21(2)22(3)55-39)34(44-28)24-10-12-25(40)13-11-24/h5,7-8,10-13,28-29H,1,6,9,14-19H2,2-4H3,(H,41,50)(H,42,51)(H,43,49)/t28-,29?/m0/s1. The highest BCUT2D eigenvalue weighted by molar-refractivity contribution is 7.15. The molecule has 1 saturated heterocycles. The van der Waals surface area contributed by atoms with E-state index in [1.54, 1.807) is 23.5 Å². The van der Waals surface area contributed by atoms with Gasteiger partial charge in [0.15, 0.2) is 5.82 Å². The van der Waals surface area contributed by atoms with Crippen molar-refractivity contribution in [1.82, 2.24) is 30.3 Å². The number of hydrogen-bond donors (Lipinski definition) is 3. The Morgan fingerprint density at radius 3 is 2.56 bits per heavy atom. The van der Waals surface area contributed by atoms with Crippen LogP contribution in [0.1, 0.15) is 92.1 Å². The smallest absolute Gasteiger partial charge is 0.264 e. The zero-order chi connectivity index (χ0) is 39.0. The second-order valence-electron chi connectivity index (χ2n) is 13.6. The quantitative estimate of drug-likeness (QED) is 0.131. The lowest BCUT2D eigenvalue weighted by molar-refractivity contribution is -0.125. The first-order chi connectivity index (χ1) is 26.4. The van der Waals surface area contributed by atoms with Gasteiger partial charge in [-0.1, -0.05) is 36.4 Å². The average molecular weight is 783 g/mol. The summed E-state index contributed by atoms with van der Waals surface area (Å²) in [6, 6.07) is 10.6. The number of nitrogens with one attached hydrogen (secondary N) is 3. The third-order valence-electron chi connectivity index (χ3n) is 9.85. The summed E-state index contributed by atoms with van der Waals surface area (Å²) < 4.78 is 7.66. The van der Waals surface area contributed by atoms with Gasteiger partial charge in [-0.3, -0.25) is 38.4 Å². The monoisotopic (exact) mass is 782 g/mol. The number of ether oxygens (including phenoxy) is 1. The molecule has 14 nitrogen and oxygen atoms in total. The van der Waals surface area contributed by atoms with Crippen LogP contribution in [0.25, 0.3) is 5.00 Å². The Hall–Kier alpha value is -5.51. The predicted octanol–water partition coefficient (Wildman–Crippen LogP) is 5.13. The molecule has 7 rings (SSSR count). The van der Waals surface area contributed by atoms with E-state index in [4.69, 9.17) is 21.3 Å². The maximum absolute atomic E-state index is 13.3. The Bertz CT molecular complexity index is 2280. The van der Waals surface area contributed by atoms with Crippen molar-refractivity contribution >= 4 is 63.9 Å². The highest BCUT2D eigenvalue weighted by atomic mass is 35.5. The van der Waals surface area contributed by atoms with E-state index in [0.717, 1.165) is 37.2 Å². The van der Waals surface area contributed by atoms with Crippen molar-refractivity contribution < 1.29 is 28.7 Å². The van der Waals surface area contributed by atoms with Crippen LogP contribution in [0.5, 0.6) is 0 Å². The Labute approximate surface area is 326 Å². The molecule has 0 radical (unpaired) electrons. The second-order valence-corrected chi connectivity index (χ2v) is 15.2. The lowest BCUT2D eigenvalue weighted by Crippen LogP contribution is -2.51. The molecule has 284 valence electrons. The van der Waals surface area contributed by atoms with Crippen LogP contribution < -0.4 is 16.0 Å². The number of aliphatic imine (C=N–C) groups is 1. The summed E-state index contributed by atoms with van der Waals surface area (Å²) in [6.07, 6.45) is 1.28. The molecule has 2 aromatic carbocycles. The van der Waals surface area contributed by atoms with Crippen LogP contribution >= 0.6 is 22.9 Å². The minimum absolute atomic E-state index is 0.00472. The number of fused-ring (bicyclic) bond motifs is 4. The van der Waals surface area contributed by atoms with E-state index in [0.29, 0.717) is 48.4 Å². The van der Waals surface area contributed by atoms with E-state index in [1.807, 2.05) is 35.8 Å². The van der Waals surface area contributed by atoms with E-state index in [2.05, 4.69) is 46.6 Å². The van der Waals surface area contributed by atoms with Gasteiger partial charge in [0, 0.05) is 39.9 Å². The van der Waals surface area contributed by atoms with Gasteiger partial charge in [-0.25, -0.2) is 0 Å². The van der Waals surface area contributed by atoms with Crippen molar-refractivity contribution in [2.24, 2.45) is 4.99 Å². The molecule has 0 spiro atoms. The number of imide groups is 1. The van der Waals surface area contributed by atoms with Gasteiger partial charge in [0.05, 0.1) is 42.0 Å². The van der Waals surface area contributed by atoms with Crippen molar-refractivity contribution in [2.45, 2.75) is 65.0 Å². The zero-order valence-electron chi connectivity index (χ0n) is 30.5. The number of benzene rings is 2. The normalized spacial score (nSPS) is 17.6. The molecule has 1 fully saturated rings. The fourth-order valence-electron chi connectivity index (χ4n) is 6.96. The minimum atomic E-state index is -0.952. The van der Waals surface area contributed by atoms with Gasteiger partial charge in [0.2, 0.25) is 17.7 Å². The second kappa shape index (κ2) is 15.7. The number of piperidine rings is 1.